The zero-order valence-corrected chi connectivity index (χ0v) is 28.2. The summed E-state index contributed by atoms with van der Waals surface area (Å²) < 4.78 is 2.58. The maximum absolute atomic E-state index is 11.0. The van der Waals surface area contributed by atoms with Crippen LogP contribution >= 0.6 is 0 Å². The molecule has 0 bridgehead atoms. The monoisotopic (exact) mass is 632 g/mol. The van der Waals surface area contributed by atoms with Gasteiger partial charge in [0.15, 0.2) is 0 Å². The van der Waals surface area contributed by atoms with E-state index in [9.17, 15) is 10.2 Å². The molecule has 0 radical (unpaired) electrons. The Hall–Kier alpha value is -1.88. The van der Waals surface area contributed by atoms with Crippen LogP contribution in [0.1, 0.15) is 35.8 Å². The topological polar surface area (TPSA) is 53.4 Å². The number of likely N-dealkylation sites (tertiary alicyclic amines) is 2. The van der Waals surface area contributed by atoms with Gasteiger partial charge in [0.2, 0.25) is 0 Å². The quantitative estimate of drug-likeness (QED) is 0.391. The van der Waals surface area contributed by atoms with E-state index >= 15 is 0 Å². The Balaban J connectivity index is 0.780. The van der Waals surface area contributed by atoms with Crippen LogP contribution in [-0.2, 0) is 0 Å². The van der Waals surface area contributed by atoms with Crippen LogP contribution in [0.15, 0.2) is 60.7 Å². The Kier molecular flexibility index (Phi) is 10.4. The van der Waals surface area contributed by atoms with Crippen molar-refractivity contribution in [3.05, 3.63) is 71.8 Å². The van der Waals surface area contributed by atoms with Crippen molar-refractivity contribution in [2.24, 2.45) is 0 Å². The van der Waals surface area contributed by atoms with Gasteiger partial charge < -0.3 is 29.0 Å². The predicted octanol–water partition coefficient (Wildman–Crippen LogP) is 1.97. The van der Waals surface area contributed by atoms with Gasteiger partial charge in [-0.1, -0.05) is 60.7 Å². The summed E-state index contributed by atoms with van der Waals surface area (Å²) in [6.07, 6.45) is 1.89. The van der Waals surface area contributed by atoms with E-state index in [1.807, 2.05) is 0 Å². The fourth-order valence-corrected chi connectivity index (χ4v) is 9.49. The second kappa shape index (κ2) is 14.7. The molecule has 5 aliphatic heterocycles. The average Bonchev–Trinajstić information content (AvgIpc) is 3.76. The number of rotatable bonds is 10. The SMILES string of the molecule is O[C@H](CN1CC[N+]2(CC1)CC[N+]1(CCN(C[C@H](O)CN3CC[C@@H](c4ccccc4)C3)CC1)CC2)CN1CC[C@H](c2ccccc2)C1. The highest BCUT2D eigenvalue weighted by Crippen LogP contribution is 2.29. The summed E-state index contributed by atoms with van der Waals surface area (Å²) >= 11 is 0. The smallest absolute Gasteiger partial charge is 0.129 e. The molecule has 46 heavy (non-hydrogen) atoms. The van der Waals surface area contributed by atoms with Crippen LogP contribution in [0.5, 0.6) is 0 Å². The Morgan fingerprint density at radius 1 is 0.478 bits per heavy atom. The minimum atomic E-state index is -0.257. The summed E-state index contributed by atoms with van der Waals surface area (Å²) in [6, 6.07) is 21.8. The highest BCUT2D eigenvalue weighted by atomic mass is 16.3. The number of quaternary nitrogens is 2. The highest BCUT2D eigenvalue weighted by molar-refractivity contribution is 5.22. The van der Waals surface area contributed by atoms with Crippen LogP contribution in [0.4, 0.5) is 0 Å². The lowest BCUT2D eigenvalue weighted by molar-refractivity contribution is -1.03. The molecular weight excluding hydrogens is 572 g/mol. The minimum absolute atomic E-state index is 0.257. The molecule has 5 heterocycles. The highest BCUT2D eigenvalue weighted by Gasteiger charge is 2.45. The van der Waals surface area contributed by atoms with Gasteiger partial charge in [-0.3, -0.25) is 9.80 Å². The van der Waals surface area contributed by atoms with E-state index in [1.54, 1.807) is 0 Å². The minimum Gasteiger partial charge on any atom is -0.390 e. The zero-order valence-electron chi connectivity index (χ0n) is 28.2. The Morgan fingerprint density at radius 3 is 1.20 bits per heavy atom. The Bertz CT molecular complexity index is 1110. The zero-order chi connectivity index (χ0) is 31.4. The molecule has 5 aliphatic rings. The lowest BCUT2D eigenvalue weighted by Crippen LogP contribution is -2.73. The van der Waals surface area contributed by atoms with Crippen LogP contribution in [0, 0.1) is 0 Å². The van der Waals surface area contributed by atoms with E-state index < -0.39 is 0 Å². The van der Waals surface area contributed by atoms with Gasteiger partial charge in [0.25, 0.3) is 0 Å². The number of nitrogens with zero attached hydrogens (tertiary/aromatic N) is 6. The fourth-order valence-electron chi connectivity index (χ4n) is 9.49. The van der Waals surface area contributed by atoms with Gasteiger partial charge in [-0.15, -0.1) is 0 Å². The Labute approximate surface area is 278 Å². The first-order valence-corrected chi connectivity index (χ1v) is 18.5. The van der Waals surface area contributed by atoms with Crippen LogP contribution in [-0.4, -0.2) is 182 Å². The van der Waals surface area contributed by atoms with Crippen molar-refractivity contribution in [3.63, 3.8) is 0 Å². The number of piperazine rings is 3. The van der Waals surface area contributed by atoms with Crippen molar-refractivity contribution in [3.8, 4) is 0 Å². The van der Waals surface area contributed by atoms with E-state index in [4.69, 9.17) is 0 Å². The van der Waals surface area contributed by atoms with E-state index in [-0.39, 0.29) is 12.2 Å². The van der Waals surface area contributed by atoms with Gasteiger partial charge >= 0.3 is 0 Å². The predicted molar refractivity (Wildman–Crippen MR) is 185 cm³/mol. The van der Waals surface area contributed by atoms with Gasteiger partial charge in [0.05, 0.1) is 38.4 Å². The summed E-state index contributed by atoms with van der Waals surface area (Å²) in [6.45, 7) is 22.3. The standard InChI is InChI=1S/C38H60N6O2/c45-37(31-41-13-11-35(27-41)33-7-3-1-4-8-33)29-39-15-19-43(20-16-39)23-25-44(26-24-43)21-17-40(18-22-44)30-38(46)32-42-14-12-36(28-42)34-9-5-2-6-10-34/h1-10,35-38,45-46H,11-32H2/q+2/t35-,36+,37+,38-. The number of β-amino-alcohol motifs (C(OH)–C–C–N with tert-alkyl or cyclic N) is 2. The molecule has 5 fully saturated rings. The molecule has 5 saturated heterocycles. The van der Waals surface area contributed by atoms with Gasteiger partial charge in [-0.2, -0.15) is 0 Å². The fraction of sp³-hybridized carbons (Fsp3) is 0.684. The summed E-state index contributed by atoms with van der Waals surface area (Å²) in [5, 5.41) is 21.9. The lowest BCUT2D eigenvalue weighted by Gasteiger charge is -2.54. The lowest BCUT2D eigenvalue weighted by atomic mass is 9.99. The molecule has 8 nitrogen and oxygen atoms in total. The summed E-state index contributed by atoms with van der Waals surface area (Å²) in [7, 11) is 0. The van der Waals surface area contributed by atoms with Crippen molar-refractivity contribution in [1.82, 2.24) is 19.6 Å². The third-order valence-corrected chi connectivity index (χ3v) is 12.6. The second-order valence-electron chi connectivity index (χ2n) is 15.7. The van der Waals surface area contributed by atoms with Crippen molar-refractivity contribution >= 4 is 0 Å². The number of hydrogen-bond acceptors (Lipinski definition) is 6. The molecule has 0 aliphatic carbocycles. The van der Waals surface area contributed by atoms with E-state index in [1.165, 1.54) is 85.3 Å². The molecule has 2 aromatic carbocycles. The number of aliphatic hydroxyl groups is 2. The molecule has 0 unspecified atom stereocenters. The number of benzene rings is 2. The number of aliphatic hydroxyl groups excluding tert-OH is 2. The summed E-state index contributed by atoms with van der Waals surface area (Å²) in [5.41, 5.74) is 2.89. The van der Waals surface area contributed by atoms with E-state index in [0.717, 1.165) is 78.5 Å². The Morgan fingerprint density at radius 2 is 0.826 bits per heavy atom. The van der Waals surface area contributed by atoms with Crippen molar-refractivity contribution in [1.29, 1.82) is 0 Å². The normalized spacial score (nSPS) is 29.0. The third kappa shape index (κ3) is 8.04. The van der Waals surface area contributed by atoms with Gasteiger partial charge in [-0.05, 0) is 48.9 Å². The van der Waals surface area contributed by atoms with Crippen molar-refractivity contribution in [2.75, 3.05) is 131 Å². The number of hydrogen-bond donors (Lipinski definition) is 2. The summed E-state index contributed by atoms with van der Waals surface area (Å²) in [5.74, 6) is 1.22. The van der Waals surface area contributed by atoms with Crippen LogP contribution in [0.3, 0.4) is 0 Å². The van der Waals surface area contributed by atoms with Crippen LogP contribution in [0.25, 0.3) is 0 Å². The molecule has 2 N–H and O–H groups in total. The molecular formula is C38H60N6O2+2. The molecule has 252 valence electrons. The molecule has 8 heteroatoms. The third-order valence-electron chi connectivity index (χ3n) is 12.6. The van der Waals surface area contributed by atoms with Crippen LogP contribution in [0.2, 0.25) is 0 Å². The average molecular weight is 633 g/mol. The molecule has 2 aromatic rings. The van der Waals surface area contributed by atoms with Crippen LogP contribution < -0.4 is 0 Å². The molecule has 0 amide bonds. The largest absolute Gasteiger partial charge is 0.390 e. The van der Waals surface area contributed by atoms with E-state index in [2.05, 4.69) is 80.3 Å². The van der Waals surface area contributed by atoms with Gasteiger partial charge in [0, 0.05) is 65.4 Å². The van der Waals surface area contributed by atoms with Crippen molar-refractivity contribution < 1.29 is 19.2 Å². The summed E-state index contributed by atoms with van der Waals surface area (Å²) in [4.78, 5) is 10.0. The molecule has 0 aromatic heterocycles. The van der Waals surface area contributed by atoms with Crippen molar-refractivity contribution in [2.45, 2.75) is 36.9 Å². The molecule has 2 spiro atoms. The maximum Gasteiger partial charge on any atom is 0.129 e. The second-order valence-corrected chi connectivity index (χ2v) is 15.7. The molecule has 7 rings (SSSR count). The molecule has 4 atom stereocenters. The molecule has 0 saturated carbocycles. The van der Waals surface area contributed by atoms with Gasteiger partial charge in [0.1, 0.15) is 26.2 Å². The first-order chi connectivity index (χ1) is 22.4. The van der Waals surface area contributed by atoms with Gasteiger partial charge in [-0.25, -0.2) is 0 Å². The first kappa shape index (κ1) is 32.7. The van der Waals surface area contributed by atoms with E-state index in [0.29, 0.717) is 11.8 Å². The maximum atomic E-state index is 11.0. The first-order valence-electron chi connectivity index (χ1n) is 18.5.